The Bertz CT molecular complexity index is 1130. The van der Waals surface area contributed by atoms with Gasteiger partial charge in [0.2, 0.25) is 5.91 Å². The predicted molar refractivity (Wildman–Crippen MR) is 134 cm³/mol. The highest BCUT2D eigenvalue weighted by molar-refractivity contribution is 5.98. The van der Waals surface area contributed by atoms with E-state index in [-0.39, 0.29) is 25.0 Å². The van der Waals surface area contributed by atoms with Gasteiger partial charge in [-0.3, -0.25) is 19.6 Å². The van der Waals surface area contributed by atoms with Crippen LogP contribution in [0.3, 0.4) is 0 Å². The summed E-state index contributed by atoms with van der Waals surface area (Å²) in [6.07, 6.45) is 0. The lowest BCUT2D eigenvalue weighted by Gasteiger charge is -2.15. The summed E-state index contributed by atoms with van der Waals surface area (Å²) >= 11 is 0. The molecule has 0 unspecified atom stereocenters. The number of hydrogen-bond donors (Lipinski definition) is 6. The molecule has 0 saturated heterocycles. The average molecular weight is 476 g/mol. The molecular weight excluding hydrogens is 446 g/mol. The Labute approximate surface area is 203 Å². The van der Waals surface area contributed by atoms with Crippen molar-refractivity contribution in [3.8, 4) is 11.1 Å². The molecule has 3 rings (SSSR count). The molecule has 9 nitrogen and oxygen atoms in total. The zero-order valence-electron chi connectivity index (χ0n) is 19.3. The van der Waals surface area contributed by atoms with Gasteiger partial charge in [-0.25, -0.2) is 5.48 Å². The predicted octanol–water partition coefficient (Wildman–Crippen LogP) is 2.21. The molecule has 3 amide bonds. The van der Waals surface area contributed by atoms with Crippen LogP contribution >= 0.6 is 0 Å². The van der Waals surface area contributed by atoms with E-state index >= 15 is 0 Å². The number of amides is 3. The number of hydrogen-bond acceptors (Lipinski definition) is 6. The van der Waals surface area contributed by atoms with Crippen LogP contribution in [-0.4, -0.2) is 42.1 Å². The molecule has 0 aliphatic carbocycles. The van der Waals surface area contributed by atoms with Crippen LogP contribution in [0, 0.1) is 0 Å². The van der Waals surface area contributed by atoms with Crippen LogP contribution in [0.2, 0.25) is 0 Å². The largest absolute Gasteiger partial charge is 0.339 e. The first kappa shape index (κ1) is 25.6. The van der Waals surface area contributed by atoms with E-state index in [4.69, 9.17) is 10.9 Å². The molecule has 0 radical (unpaired) electrons. The molecular formula is C26H29N5O4. The van der Waals surface area contributed by atoms with Crippen LogP contribution < -0.4 is 27.2 Å². The Morgan fingerprint density at radius 3 is 2.06 bits per heavy atom. The van der Waals surface area contributed by atoms with E-state index in [0.29, 0.717) is 11.3 Å². The van der Waals surface area contributed by atoms with Crippen molar-refractivity contribution in [2.45, 2.75) is 19.0 Å². The molecule has 182 valence electrons. The minimum atomic E-state index is -1.04. The van der Waals surface area contributed by atoms with Crippen molar-refractivity contribution >= 4 is 23.4 Å². The Kier molecular flexibility index (Phi) is 9.08. The second-order valence-electron chi connectivity index (χ2n) is 7.95. The number of carbonyl (C=O) groups is 3. The molecule has 0 aliphatic rings. The first-order chi connectivity index (χ1) is 16.9. The zero-order valence-corrected chi connectivity index (χ0v) is 19.3. The lowest BCUT2D eigenvalue weighted by atomic mass is 10.0. The van der Waals surface area contributed by atoms with E-state index in [9.17, 15) is 14.4 Å². The van der Waals surface area contributed by atoms with Crippen molar-refractivity contribution in [2.24, 2.45) is 5.73 Å². The molecule has 0 heterocycles. The van der Waals surface area contributed by atoms with Crippen LogP contribution in [0.5, 0.6) is 0 Å². The summed E-state index contributed by atoms with van der Waals surface area (Å²) in [4.78, 5) is 36.1. The Morgan fingerprint density at radius 1 is 0.886 bits per heavy atom. The molecule has 0 bridgehead atoms. The van der Waals surface area contributed by atoms with Gasteiger partial charge in [0.25, 0.3) is 11.8 Å². The molecule has 0 aromatic heterocycles. The Morgan fingerprint density at radius 2 is 1.49 bits per heavy atom. The lowest BCUT2D eigenvalue weighted by Crippen LogP contribution is -2.50. The zero-order chi connectivity index (χ0) is 25.2. The third-order valence-corrected chi connectivity index (χ3v) is 5.49. The highest BCUT2D eigenvalue weighted by Crippen LogP contribution is 2.22. The fraction of sp³-hybridized carbons (Fsp3) is 0.192. The molecule has 3 aromatic rings. The van der Waals surface area contributed by atoms with E-state index in [1.54, 1.807) is 24.3 Å². The van der Waals surface area contributed by atoms with Gasteiger partial charge in [-0.2, -0.15) is 0 Å². The first-order valence-corrected chi connectivity index (χ1v) is 11.1. The summed E-state index contributed by atoms with van der Waals surface area (Å²) in [6.45, 7) is 2.04. The smallest absolute Gasteiger partial charge is 0.267 e. The van der Waals surface area contributed by atoms with Crippen LogP contribution in [0.1, 0.15) is 28.9 Å². The second-order valence-corrected chi connectivity index (χ2v) is 7.95. The SMILES string of the molecule is C[C@H](NCC(=O)Nc1ccc(-c2ccc(C(=O)N[C@@H](CN)C(=O)NO)cc2)cc1)c1ccccc1. The molecule has 3 aromatic carbocycles. The highest BCUT2D eigenvalue weighted by atomic mass is 16.5. The van der Waals surface area contributed by atoms with Gasteiger partial charge in [0.15, 0.2) is 0 Å². The van der Waals surface area contributed by atoms with Gasteiger partial charge in [-0.05, 0) is 47.9 Å². The normalized spacial score (nSPS) is 12.3. The number of anilines is 1. The van der Waals surface area contributed by atoms with Crippen molar-refractivity contribution < 1.29 is 19.6 Å². The van der Waals surface area contributed by atoms with Gasteiger partial charge < -0.3 is 21.7 Å². The quantitative estimate of drug-likeness (QED) is 0.196. The number of nitrogens with two attached hydrogens (primary N) is 1. The molecule has 2 atom stereocenters. The van der Waals surface area contributed by atoms with Gasteiger partial charge >= 0.3 is 0 Å². The first-order valence-electron chi connectivity index (χ1n) is 11.1. The third kappa shape index (κ3) is 7.21. The van der Waals surface area contributed by atoms with E-state index < -0.39 is 17.9 Å². The van der Waals surface area contributed by atoms with Gasteiger partial charge in [-0.15, -0.1) is 0 Å². The minimum Gasteiger partial charge on any atom is -0.339 e. The molecule has 7 N–H and O–H groups in total. The maximum absolute atomic E-state index is 12.3. The summed E-state index contributed by atoms with van der Waals surface area (Å²) in [5.41, 5.74) is 10.9. The molecule has 0 aliphatic heterocycles. The fourth-order valence-corrected chi connectivity index (χ4v) is 3.42. The monoisotopic (exact) mass is 475 g/mol. The summed E-state index contributed by atoms with van der Waals surface area (Å²) in [5, 5.41) is 17.3. The lowest BCUT2D eigenvalue weighted by molar-refractivity contribution is -0.130. The van der Waals surface area contributed by atoms with Crippen LogP contribution in [0.4, 0.5) is 5.69 Å². The summed E-state index contributed by atoms with van der Waals surface area (Å²) in [7, 11) is 0. The third-order valence-electron chi connectivity index (χ3n) is 5.49. The fourth-order valence-electron chi connectivity index (χ4n) is 3.42. The van der Waals surface area contributed by atoms with Crippen molar-refractivity contribution in [3.05, 3.63) is 90.0 Å². The summed E-state index contributed by atoms with van der Waals surface area (Å²) in [5.74, 6) is -1.41. The molecule has 9 heteroatoms. The maximum Gasteiger partial charge on any atom is 0.267 e. The number of carbonyl (C=O) groups excluding carboxylic acids is 3. The number of nitrogens with one attached hydrogen (secondary N) is 4. The number of hydroxylamine groups is 1. The molecule has 35 heavy (non-hydrogen) atoms. The average Bonchev–Trinajstić information content (AvgIpc) is 2.90. The molecule has 0 fully saturated rings. The Hall–Kier alpha value is -4.05. The van der Waals surface area contributed by atoms with Crippen molar-refractivity contribution in [1.29, 1.82) is 0 Å². The van der Waals surface area contributed by atoms with Gasteiger partial charge in [0.05, 0.1) is 6.54 Å². The number of benzene rings is 3. The van der Waals surface area contributed by atoms with E-state index in [1.165, 1.54) is 5.48 Å². The minimum absolute atomic E-state index is 0.0578. The van der Waals surface area contributed by atoms with Gasteiger partial charge in [-0.1, -0.05) is 54.6 Å². The van der Waals surface area contributed by atoms with Crippen molar-refractivity contribution in [1.82, 2.24) is 16.1 Å². The summed E-state index contributed by atoms with van der Waals surface area (Å²) in [6, 6.07) is 23.1. The van der Waals surface area contributed by atoms with Crippen molar-refractivity contribution in [3.63, 3.8) is 0 Å². The van der Waals surface area contributed by atoms with Crippen LogP contribution in [0.15, 0.2) is 78.9 Å². The summed E-state index contributed by atoms with van der Waals surface area (Å²) < 4.78 is 0. The Balaban J connectivity index is 1.54. The van der Waals surface area contributed by atoms with E-state index in [1.807, 2.05) is 61.5 Å². The number of rotatable bonds is 10. The van der Waals surface area contributed by atoms with E-state index in [2.05, 4.69) is 16.0 Å². The van der Waals surface area contributed by atoms with Crippen LogP contribution in [0.25, 0.3) is 11.1 Å². The molecule has 0 saturated carbocycles. The van der Waals surface area contributed by atoms with E-state index in [0.717, 1.165) is 16.7 Å². The van der Waals surface area contributed by atoms with Crippen molar-refractivity contribution in [2.75, 3.05) is 18.4 Å². The molecule has 0 spiro atoms. The highest BCUT2D eigenvalue weighted by Gasteiger charge is 2.19. The van der Waals surface area contributed by atoms with Gasteiger partial charge in [0.1, 0.15) is 6.04 Å². The topological polar surface area (TPSA) is 146 Å². The second kappa shape index (κ2) is 12.4. The maximum atomic E-state index is 12.3. The standard InChI is InChI=1S/C26H29N5O4/c1-17(18-5-3-2-4-6-18)28-16-24(32)29-22-13-11-20(12-14-22)19-7-9-21(10-8-19)25(33)30-23(15-27)26(34)31-35/h2-14,17,23,28,35H,15-16,27H2,1H3,(H,29,32)(H,30,33)(H,31,34)/t17-,23-/m0/s1. The van der Waals surface area contributed by atoms with Crippen LogP contribution in [-0.2, 0) is 9.59 Å². The van der Waals surface area contributed by atoms with Gasteiger partial charge in [0, 0.05) is 23.8 Å².